The Morgan fingerprint density at radius 3 is 2.63 bits per heavy atom. The molecule has 2 aliphatic rings. The van der Waals surface area contributed by atoms with Crippen molar-refractivity contribution >= 4 is 28.9 Å². The number of benzene rings is 3. The first kappa shape index (κ1) is 26.9. The van der Waals surface area contributed by atoms with Crippen molar-refractivity contribution in [1.29, 1.82) is 0 Å². The van der Waals surface area contributed by atoms with E-state index in [2.05, 4.69) is 11.4 Å². The zero-order valence-electron chi connectivity index (χ0n) is 23.5. The number of fused-ring (bicyclic) bond motifs is 1. The SMILES string of the molecule is Cc1nn(-c2ccccc2C(=O)O)c2c1[C@H](c1cccc(OCc3ccccc3)c1)C1=C(C[C@@H](c3cccs3)CC1=O)N2. The summed E-state index contributed by atoms with van der Waals surface area (Å²) in [6.07, 6.45) is 1.11. The largest absolute Gasteiger partial charge is 0.489 e. The van der Waals surface area contributed by atoms with Crippen LogP contribution in [0, 0.1) is 6.92 Å². The van der Waals surface area contributed by atoms with Gasteiger partial charge in [0.2, 0.25) is 0 Å². The number of nitrogens with zero attached hydrogens (tertiary/aromatic N) is 2. The van der Waals surface area contributed by atoms with Gasteiger partial charge < -0.3 is 15.2 Å². The van der Waals surface area contributed by atoms with E-state index in [1.807, 2.05) is 73.0 Å². The molecule has 8 heteroatoms. The minimum Gasteiger partial charge on any atom is -0.489 e. The number of aryl methyl sites for hydroxylation is 1. The number of carboxylic acid groups (broad SMARTS) is 1. The van der Waals surface area contributed by atoms with Crippen molar-refractivity contribution in [3.8, 4) is 11.4 Å². The molecule has 7 nitrogen and oxygen atoms in total. The molecule has 2 aromatic heterocycles. The molecule has 5 aromatic rings. The van der Waals surface area contributed by atoms with E-state index in [1.165, 1.54) is 4.88 Å². The van der Waals surface area contributed by atoms with E-state index in [0.717, 1.165) is 33.7 Å². The highest BCUT2D eigenvalue weighted by molar-refractivity contribution is 7.10. The topological polar surface area (TPSA) is 93.5 Å². The molecule has 0 radical (unpaired) electrons. The number of Topliss-reactive ketones (excluding diaryl/α,β-unsaturated/α-hetero) is 1. The molecule has 0 saturated carbocycles. The molecule has 0 amide bonds. The molecule has 3 aromatic carbocycles. The van der Waals surface area contributed by atoms with Crippen LogP contribution in [0.2, 0.25) is 0 Å². The van der Waals surface area contributed by atoms with Crippen molar-refractivity contribution in [1.82, 2.24) is 9.78 Å². The van der Waals surface area contributed by atoms with Gasteiger partial charge in [0.25, 0.3) is 0 Å². The minimum atomic E-state index is -1.03. The number of anilines is 1. The summed E-state index contributed by atoms with van der Waals surface area (Å²) in [6.45, 7) is 2.34. The Bertz CT molecular complexity index is 1870. The first-order chi connectivity index (χ1) is 21.0. The highest BCUT2D eigenvalue weighted by Crippen LogP contribution is 2.50. The van der Waals surface area contributed by atoms with Gasteiger partial charge in [-0.1, -0.05) is 60.7 Å². The molecule has 0 spiro atoms. The zero-order valence-corrected chi connectivity index (χ0v) is 24.3. The second-order valence-corrected chi connectivity index (χ2v) is 11.9. The Morgan fingerprint density at radius 1 is 1.02 bits per heavy atom. The van der Waals surface area contributed by atoms with Crippen molar-refractivity contribution in [2.24, 2.45) is 0 Å². The van der Waals surface area contributed by atoms with E-state index in [-0.39, 0.29) is 23.2 Å². The second kappa shape index (κ2) is 11.0. The van der Waals surface area contributed by atoms with Gasteiger partial charge in [0.05, 0.1) is 16.9 Å². The summed E-state index contributed by atoms with van der Waals surface area (Å²) in [5, 5.41) is 20.4. The molecule has 7 rings (SSSR count). The molecule has 0 unspecified atom stereocenters. The molecule has 0 bridgehead atoms. The highest BCUT2D eigenvalue weighted by Gasteiger charge is 2.41. The van der Waals surface area contributed by atoms with Crippen LogP contribution in [0.1, 0.15) is 62.3 Å². The number of nitrogens with one attached hydrogen (secondary N) is 1. The average molecular weight is 588 g/mol. The van der Waals surface area contributed by atoms with Crippen LogP contribution in [0.3, 0.4) is 0 Å². The van der Waals surface area contributed by atoms with E-state index < -0.39 is 5.97 Å². The number of aromatic carboxylic acids is 1. The fraction of sp³-hybridized carbons (Fsp3) is 0.171. The maximum Gasteiger partial charge on any atom is 0.337 e. The Hall–Kier alpha value is -4.95. The predicted octanol–water partition coefficient (Wildman–Crippen LogP) is 7.48. The Labute approximate surface area is 253 Å². The van der Waals surface area contributed by atoms with Crippen LogP contribution in [0.15, 0.2) is 108 Å². The average Bonchev–Trinajstić information content (AvgIpc) is 3.68. The Balaban J connectivity index is 1.36. The van der Waals surface area contributed by atoms with Gasteiger partial charge in [-0.05, 0) is 60.2 Å². The maximum absolute atomic E-state index is 14.0. The van der Waals surface area contributed by atoms with Gasteiger partial charge in [-0.15, -0.1) is 11.3 Å². The van der Waals surface area contributed by atoms with Crippen molar-refractivity contribution in [2.45, 2.75) is 38.2 Å². The highest BCUT2D eigenvalue weighted by atomic mass is 32.1. The molecule has 1 aliphatic carbocycles. The summed E-state index contributed by atoms with van der Waals surface area (Å²) in [5.74, 6) is 0.171. The van der Waals surface area contributed by atoms with Crippen molar-refractivity contribution in [3.05, 3.63) is 140 Å². The number of ether oxygens (including phenoxy) is 1. The number of rotatable bonds is 7. The lowest BCUT2D eigenvalue weighted by molar-refractivity contribution is -0.116. The molecular weight excluding hydrogens is 558 g/mol. The smallest absolute Gasteiger partial charge is 0.337 e. The maximum atomic E-state index is 14.0. The third kappa shape index (κ3) is 4.93. The quantitative estimate of drug-likeness (QED) is 0.205. The molecule has 0 fully saturated rings. The van der Waals surface area contributed by atoms with E-state index in [9.17, 15) is 14.7 Å². The van der Waals surface area contributed by atoms with Crippen LogP contribution < -0.4 is 10.1 Å². The summed E-state index contributed by atoms with van der Waals surface area (Å²) < 4.78 is 7.87. The lowest BCUT2D eigenvalue weighted by Gasteiger charge is -2.35. The van der Waals surface area contributed by atoms with Crippen molar-refractivity contribution in [2.75, 3.05) is 5.32 Å². The number of ketones is 1. The Morgan fingerprint density at radius 2 is 1.84 bits per heavy atom. The van der Waals surface area contributed by atoms with Gasteiger partial charge in [-0.3, -0.25) is 4.79 Å². The second-order valence-electron chi connectivity index (χ2n) is 10.9. The summed E-state index contributed by atoms with van der Waals surface area (Å²) in [4.78, 5) is 27.4. The first-order valence-corrected chi connectivity index (χ1v) is 15.1. The van der Waals surface area contributed by atoms with Crippen LogP contribution in [0.5, 0.6) is 5.75 Å². The zero-order chi connectivity index (χ0) is 29.5. The van der Waals surface area contributed by atoms with Crippen molar-refractivity contribution in [3.63, 3.8) is 0 Å². The molecule has 3 heterocycles. The summed E-state index contributed by atoms with van der Waals surface area (Å²) in [5.41, 5.74) is 5.80. The number of carboxylic acids is 1. The van der Waals surface area contributed by atoms with Gasteiger partial charge in [0, 0.05) is 40.0 Å². The van der Waals surface area contributed by atoms with Gasteiger partial charge in [-0.25, -0.2) is 9.48 Å². The molecule has 214 valence electrons. The number of carbonyl (C=O) groups is 2. The van der Waals surface area contributed by atoms with Crippen LogP contribution in [0.4, 0.5) is 5.82 Å². The minimum absolute atomic E-state index is 0.0743. The van der Waals surface area contributed by atoms with E-state index >= 15 is 0 Å². The van der Waals surface area contributed by atoms with Gasteiger partial charge >= 0.3 is 5.97 Å². The summed E-state index contributed by atoms with van der Waals surface area (Å²) in [6, 6.07) is 28.9. The van der Waals surface area contributed by atoms with E-state index in [1.54, 1.807) is 40.3 Å². The van der Waals surface area contributed by atoms with Crippen LogP contribution in [-0.4, -0.2) is 26.6 Å². The summed E-state index contributed by atoms with van der Waals surface area (Å²) >= 11 is 1.67. The third-order valence-corrected chi connectivity index (χ3v) is 9.24. The Kier molecular flexibility index (Phi) is 6.91. The lowest BCUT2D eigenvalue weighted by atomic mass is 9.73. The van der Waals surface area contributed by atoms with Crippen LogP contribution in [-0.2, 0) is 11.4 Å². The standard InChI is InChI=1S/C35H29N3O4S/c1-21-31-32(23-11-7-12-25(17-23)42-20-22-9-3-2-4-10-22)33-27(18-24(19-29(33)39)30-15-8-16-43-30)36-34(31)38(37-21)28-14-6-5-13-26(28)35(40)41/h2-17,24,32,36H,18-20H2,1H3,(H,40,41)/t24-,32+/m1/s1. The number of carbonyl (C=O) groups excluding carboxylic acids is 1. The number of hydrogen-bond acceptors (Lipinski definition) is 6. The molecule has 2 N–H and O–H groups in total. The number of para-hydroxylation sites is 1. The summed E-state index contributed by atoms with van der Waals surface area (Å²) in [7, 11) is 0. The van der Waals surface area contributed by atoms with E-state index in [0.29, 0.717) is 36.7 Å². The van der Waals surface area contributed by atoms with Crippen LogP contribution in [0.25, 0.3) is 5.69 Å². The normalized spacial score (nSPS) is 17.7. The fourth-order valence-corrected chi connectivity index (χ4v) is 7.10. The molecule has 2 atom stereocenters. The van der Waals surface area contributed by atoms with Gasteiger partial charge in [0.1, 0.15) is 18.2 Å². The molecule has 43 heavy (non-hydrogen) atoms. The fourth-order valence-electron chi connectivity index (χ4n) is 6.27. The molecular formula is C35H29N3O4S. The molecule has 1 aliphatic heterocycles. The van der Waals surface area contributed by atoms with Crippen LogP contribution >= 0.6 is 11.3 Å². The number of aromatic nitrogens is 2. The number of hydrogen-bond donors (Lipinski definition) is 2. The van der Waals surface area contributed by atoms with E-state index in [4.69, 9.17) is 9.84 Å². The predicted molar refractivity (Wildman–Crippen MR) is 166 cm³/mol. The van der Waals surface area contributed by atoms with Gasteiger partial charge in [0.15, 0.2) is 5.78 Å². The molecule has 0 saturated heterocycles. The lowest BCUT2D eigenvalue weighted by Crippen LogP contribution is -2.30. The van der Waals surface area contributed by atoms with Crippen molar-refractivity contribution < 1.29 is 19.4 Å². The third-order valence-electron chi connectivity index (χ3n) is 8.21. The first-order valence-electron chi connectivity index (χ1n) is 14.2. The van der Waals surface area contributed by atoms with Gasteiger partial charge in [-0.2, -0.15) is 5.10 Å². The monoisotopic (exact) mass is 587 g/mol. The number of allylic oxidation sites excluding steroid dienone is 2. The number of thiophene rings is 1.